The molecule has 1 aliphatic carbocycles. The van der Waals surface area contributed by atoms with Crippen molar-refractivity contribution < 1.29 is 19.5 Å². The predicted octanol–water partition coefficient (Wildman–Crippen LogP) is -0.882. The number of aliphatic hydroxyl groups excluding tert-OH is 1. The van der Waals surface area contributed by atoms with Crippen molar-refractivity contribution in [2.75, 3.05) is 6.54 Å². The molecule has 0 aromatic carbocycles. The van der Waals surface area contributed by atoms with Crippen LogP contribution in [0.2, 0.25) is 0 Å². The summed E-state index contributed by atoms with van der Waals surface area (Å²) in [5.74, 6) is -1.53. The molecule has 0 spiro atoms. The Kier molecular flexibility index (Phi) is 3.51. The average Bonchev–Trinajstić information content (AvgIpc) is 2.18. The van der Waals surface area contributed by atoms with Crippen LogP contribution in [-0.4, -0.2) is 35.2 Å². The van der Waals surface area contributed by atoms with E-state index in [-0.39, 0.29) is 12.5 Å². The molecule has 5 heteroatoms. The first-order valence-corrected chi connectivity index (χ1v) is 4.41. The van der Waals surface area contributed by atoms with Gasteiger partial charge in [0.25, 0.3) is 0 Å². The highest BCUT2D eigenvalue weighted by Crippen LogP contribution is 2.09. The molecule has 0 saturated carbocycles. The van der Waals surface area contributed by atoms with Crippen LogP contribution in [-0.2, 0) is 14.4 Å². The number of nitrogens with one attached hydrogen (secondary N) is 1. The first-order chi connectivity index (χ1) is 7.00. The Morgan fingerprint density at radius 2 is 2.07 bits per heavy atom. The zero-order valence-corrected chi connectivity index (χ0v) is 8.19. The molecule has 15 heavy (non-hydrogen) atoms. The molecule has 0 fully saturated rings. The number of carbonyl (C=O) groups excluding carboxylic acids is 3. The zero-order chi connectivity index (χ0) is 11.4. The molecule has 0 heterocycles. The summed E-state index contributed by atoms with van der Waals surface area (Å²) in [4.78, 5) is 32.3. The molecule has 0 bridgehead atoms. The largest absolute Gasteiger partial charge is 0.387 e. The molecular formula is C10H11NO4. The number of carbonyl (C=O) groups is 3. The molecule has 5 nitrogen and oxygen atoms in total. The van der Waals surface area contributed by atoms with Gasteiger partial charge >= 0.3 is 0 Å². The summed E-state index contributed by atoms with van der Waals surface area (Å²) in [5, 5.41) is 11.9. The smallest absolute Gasteiger partial charge is 0.226 e. The second-order valence-corrected chi connectivity index (χ2v) is 3.16. The summed E-state index contributed by atoms with van der Waals surface area (Å²) >= 11 is 0. The Balaban J connectivity index is 2.61. The Bertz CT molecular complexity index is 368. The average molecular weight is 209 g/mol. The minimum atomic E-state index is -0.970. The lowest BCUT2D eigenvalue weighted by Gasteiger charge is -2.13. The van der Waals surface area contributed by atoms with Gasteiger partial charge in [-0.05, 0) is 17.7 Å². The number of ketones is 2. The monoisotopic (exact) mass is 209 g/mol. The normalized spacial score (nSPS) is 17.3. The van der Waals surface area contributed by atoms with Crippen LogP contribution in [0.15, 0.2) is 23.8 Å². The molecule has 0 aliphatic heterocycles. The van der Waals surface area contributed by atoms with Crippen molar-refractivity contribution in [1.29, 1.82) is 0 Å². The SMILES string of the molecule is CC(=O)NC[C@@H](O)C1=CC(=O)C(=O)C=C1. The van der Waals surface area contributed by atoms with Gasteiger partial charge in [-0.2, -0.15) is 0 Å². The standard InChI is InChI=1S/C10H11NO4/c1-6(12)11-5-10(15)7-2-3-8(13)9(14)4-7/h2-4,10,15H,5H2,1H3,(H,11,12)/t10-/m1/s1. The minimum absolute atomic E-state index is 0.0208. The van der Waals surface area contributed by atoms with Gasteiger partial charge in [-0.25, -0.2) is 0 Å². The summed E-state index contributed by atoms with van der Waals surface area (Å²) in [6, 6.07) is 0. The first-order valence-electron chi connectivity index (χ1n) is 4.41. The van der Waals surface area contributed by atoms with Crippen LogP contribution in [0, 0.1) is 0 Å². The van der Waals surface area contributed by atoms with Crippen molar-refractivity contribution in [2.45, 2.75) is 13.0 Å². The van der Waals surface area contributed by atoms with Crippen molar-refractivity contribution in [3.8, 4) is 0 Å². The number of hydrogen-bond acceptors (Lipinski definition) is 4. The lowest BCUT2D eigenvalue weighted by molar-refractivity contribution is -0.131. The fourth-order valence-electron chi connectivity index (χ4n) is 1.09. The Hall–Kier alpha value is -1.75. The fourth-order valence-corrected chi connectivity index (χ4v) is 1.09. The van der Waals surface area contributed by atoms with Gasteiger partial charge in [-0.15, -0.1) is 0 Å². The van der Waals surface area contributed by atoms with E-state index in [4.69, 9.17) is 0 Å². The van der Waals surface area contributed by atoms with E-state index in [9.17, 15) is 19.5 Å². The van der Waals surface area contributed by atoms with Crippen LogP contribution in [0.5, 0.6) is 0 Å². The van der Waals surface area contributed by atoms with Gasteiger partial charge in [0.15, 0.2) is 0 Å². The van der Waals surface area contributed by atoms with E-state index in [2.05, 4.69) is 5.32 Å². The highest BCUT2D eigenvalue weighted by Gasteiger charge is 2.18. The van der Waals surface area contributed by atoms with E-state index < -0.39 is 17.7 Å². The van der Waals surface area contributed by atoms with Crippen LogP contribution in [0.25, 0.3) is 0 Å². The number of aliphatic hydroxyl groups is 1. The molecule has 0 unspecified atom stereocenters. The minimum Gasteiger partial charge on any atom is -0.387 e. The van der Waals surface area contributed by atoms with Crippen molar-refractivity contribution >= 4 is 17.5 Å². The van der Waals surface area contributed by atoms with Crippen LogP contribution >= 0.6 is 0 Å². The van der Waals surface area contributed by atoms with Gasteiger partial charge in [-0.1, -0.05) is 6.08 Å². The van der Waals surface area contributed by atoms with Gasteiger partial charge < -0.3 is 10.4 Å². The van der Waals surface area contributed by atoms with Crippen molar-refractivity contribution in [2.24, 2.45) is 0 Å². The van der Waals surface area contributed by atoms with E-state index in [0.29, 0.717) is 5.57 Å². The predicted molar refractivity (Wildman–Crippen MR) is 51.9 cm³/mol. The molecule has 2 N–H and O–H groups in total. The molecule has 0 radical (unpaired) electrons. The molecule has 0 aromatic rings. The second-order valence-electron chi connectivity index (χ2n) is 3.16. The summed E-state index contributed by atoms with van der Waals surface area (Å²) in [6.07, 6.45) is 2.59. The van der Waals surface area contributed by atoms with E-state index in [1.165, 1.54) is 13.0 Å². The number of allylic oxidation sites excluding steroid dienone is 2. The topological polar surface area (TPSA) is 83.5 Å². The Labute approximate surface area is 86.5 Å². The lowest BCUT2D eigenvalue weighted by Crippen LogP contribution is -2.32. The molecule has 1 atom stereocenters. The van der Waals surface area contributed by atoms with Gasteiger partial charge in [0.1, 0.15) is 0 Å². The highest BCUT2D eigenvalue weighted by molar-refractivity contribution is 6.46. The van der Waals surface area contributed by atoms with Crippen molar-refractivity contribution in [3.63, 3.8) is 0 Å². The summed E-state index contributed by atoms with van der Waals surface area (Å²) in [6.45, 7) is 1.35. The maximum absolute atomic E-state index is 11.0. The van der Waals surface area contributed by atoms with Gasteiger partial charge in [-0.3, -0.25) is 14.4 Å². The zero-order valence-electron chi connectivity index (χ0n) is 8.19. The third kappa shape index (κ3) is 3.14. The molecule has 1 amide bonds. The summed E-state index contributed by atoms with van der Waals surface area (Å²) in [7, 11) is 0. The Morgan fingerprint density at radius 3 is 2.60 bits per heavy atom. The van der Waals surface area contributed by atoms with Gasteiger partial charge in [0, 0.05) is 13.5 Å². The molecule has 1 rings (SSSR count). The highest BCUT2D eigenvalue weighted by atomic mass is 16.3. The third-order valence-corrected chi connectivity index (χ3v) is 1.90. The maximum Gasteiger partial charge on any atom is 0.226 e. The molecule has 0 saturated heterocycles. The van der Waals surface area contributed by atoms with Crippen molar-refractivity contribution in [1.82, 2.24) is 5.32 Å². The molecule has 0 aromatic heterocycles. The van der Waals surface area contributed by atoms with E-state index >= 15 is 0 Å². The molecule has 80 valence electrons. The number of hydrogen-bond donors (Lipinski definition) is 2. The van der Waals surface area contributed by atoms with Gasteiger partial charge in [0.2, 0.25) is 17.5 Å². The summed E-state index contributed by atoms with van der Waals surface area (Å²) in [5.41, 5.74) is 0.327. The van der Waals surface area contributed by atoms with Crippen LogP contribution in [0.1, 0.15) is 6.92 Å². The maximum atomic E-state index is 11.0. The van der Waals surface area contributed by atoms with Crippen molar-refractivity contribution in [3.05, 3.63) is 23.8 Å². The number of rotatable bonds is 3. The molecule has 1 aliphatic rings. The van der Waals surface area contributed by atoms with E-state index in [1.807, 2.05) is 0 Å². The first kappa shape index (κ1) is 11.3. The van der Waals surface area contributed by atoms with Crippen LogP contribution in [0.3, 0.4) is 0 Å². The second kappa shape index (κ2) is 4.65. The quantitative estimate of drug-likeness (QED) is 0.467. The third-order valence-electron chi connectivity index (χ3n) is 1.90. The molecular weight excluding hydrogens is 198 g/mol. The van der Waals surface area contributed by atoms with E-state index in [0.717, 1.165) is 12.2 Å². The van der Waals surface area contributed by atoms with Crippen LogP contribution in [0.4, 0.5) is 0 Å². The van der Waals surface area contributed by atoms with Crippen LogP contribution < -0.4 is 5.32 Å². The van der Waals surface area contributed by atoms with Gasteiger partial charge in [0.05, 0.1) is 6.10 Å². The fraction of sp³-hybridized carbons (Fsp3) is 0.300. The number of amides is 1. The van der Waals surface area contributed by atoms with E-state index in [1.54, 1.807) is 0 Å². The summed E-state index contributed by atoms with van der Waals surface area (Å²) < 4.78 is 0. The lowest BCUT2D eigenvalue weighted by atomic mass is 10.0. The Morgan fingerprint density at radius 1 is 1.40 bits per heavy atom.